The Morgan fingerprint density at radius 2 is 1.74 bits per heavy atom. The third-order valence-electron chi connectivity index (χ3n) is 6.47. The van der Waals surface area contributed by atoms with Gasteiger partial charge in [0, 0.05) is 16.6 Å². The molecule has 27 heavy (non-hydrogen) atoms. The van der Waals surface area contributed by atoms with Crippen LogP contribution >= 0.6 is 15.9 Å². The maximum atomic E-state index is 11.0. The molecule has 4 aliphatic rings. The predicted molar refractivity (Wildman–Crippen MR) is 108 cm³/mol. The first kappa shape index (κ1) is 19.1. The average Bonchev–Trinajstić information content (AvgIpc) is 2.59. The summed E-state index contributed by atoms with van der Waals surface area (Å²) in [6.07, 6.45) is 8.33. The van der Waals surface area contributed by atoms with Crippen LogP contribution < -0.4 is 20.5 Å². The molecule has 5 nitrogen and oxygen atoms in total. The number of benzene rings is 1. The van der Waals surface area contributed by atoms with E-state index in [4.69, 9.17) is 15.2 Å². The largest absolute Gasteiger partial charge is 0.490 e. The highest BCUT2D eigenvalue weighted by molar-refractivity contribution is 9.10. The molecule has 148 valence electrons. The molecule has 5 rings (SSSR count). The van der Waals surface area contributed by atoms with E-state index >= 15 is 0 Å². The molecule has 0 heterocycles. The second kappa shape index (κ2) is 7.63. The average molecular weight is 437 g/mol. The van der Waals surface area contributed by atoms with E-state index in [1.54, 1.807) is 0 Å². The summed E-state index contributed by atoms with van der Waals surface area (Å²) in [5, 5.41) is 3.92. The van der Waals surface area contributed by atoms with Crippen molar-refractivity contribution in [2.24, 2.45) is 23.5 Å². The van der Waals surface area contributed by atoms with E-state index in [-0.39, 0.29) is 6.61 Å². The zero-order chi connectivity index (χ0) is 19.0. The molecule has 0 aliphatic heterocycles. The number of hydrogen-bond donors (Lipinski definition) is 2. The second-order valence-electron chi connectivity index (χ2n) is 8.63. The Hall–Kier alpha value is -1.27. The van der Waals surface area contributed by atoms with Crippen molar-refractivity contribution in [3.63, 3.8) is 0 Å². The van der Waals surface area contributed by atoms with Crippen LogP contribution in [0.15, 0.2) is 16.6 Å². The number of primary amides is 1. The van der Waals surface area contributed by atoms with E-state index in [9.17, 15) is 4.79 Å². The summed E-state index contributed by atoms with van der Waals surface area (Å²) in [5.74, 6) is 3.48. The summed E-state index contributed by atoms with van der Waals surface area (Å²) >= 11 is 3.66. The predicted octanol–water partition coefficient (Wildman–Crippen LogP) is 3.77. The summed E-state index contributed by atoms with van der Waals surface area (Å²) in [4.78, 5) is 11.0. The number of rotatable bonds is 8. The van der Waals surface area contributed by atoms with Crippen LogP contribution in [0.3, 0.4) is 0 Å². The standard InChI is InChI=1S/C21H29BrN2O3/c1-2-26-18-6-16(17(22)7-19(18)27-12-20(23)25)11-24-21-8-13-3-14(9-21)5-15(4-13)10-21/h6-7,13-15,24H,2-5,8-12H2,1H3,(H2,23,25). The van der Waals surface area contributed by atoms with Gasteiger partial charge in [0.1, 0.15) is 0 Å². The topological polar surface area (TPSA) is 73.6 Å². The smallest absolute Gasteiger partial charge is 0.255 e. The molecular formula is C21H29BrN2O3. The van der Waals surface area contributed by atoms with E-state index < -0.39 is 5.91 Å². The molecule has 4 fully saturated rings. The van der Waals surface area contributed by atoms with E-state index in [1.807, 2.05) is 19.1 Å². The molecule has 4 bridgehead atoms. The van der Waals surface area contributed by atoms with Crippen LogP contribution in [0.1, 0.15) is 51.0 Å². The number of carbonyl (C=O) groups excluding carboxylic acids is 1. The zero-order valence-electron chi connectivity index (χ0n) is 15.9. The molecule has 0 unspecified atom stereocenters. The van der Waals surface area contributed by atoms with E-state index in [0.717, 1.165) is 34.3 Å². The maximum absolute atomic E-state index is 11.0. The lowest BCUT2D eigenvalue weighted by atomic mass is 9.53. The van der Waals surface area contributed by atoms with Crippen molar-refractivity contribution in [1.29, 1.82) is 0 Å². The van der Waals surface area contributed by atoms with Crippen LogP contribution in [0.2, 0.25) is 0 Å². The highest BCUT2D eigenvalue weighted by Crippen LogP contribution is 2.55. The molecule has 1 aromatic carbocycles. The van der Waals surface area contributed by atoms with Crippen molar-refractivity contribution < 1.29 is 14.3 Å². The lowest BCUT2D eigenvalue weighted by Crippen LogP contribution is -2.58. The molecule has 0 radical (unpaired) electrons. The lowest BCUT2D eigenvalue weighted by Gasteiger charge is -2.57. The number of amides is 1. The highest BCUT2D eigenvalue weighted by Gasteiger charge is 2.50. The molecule has 4 aliphatic carbocycles. The van der Waals surface area contributed by atoms with Gasteiger partial charge in [-0.1, -0.05) is 15.9 Å². The normalized spacial score (nSPS) is 31.1. The molecule has 0 saturated heterocycles. The van der Waals surface area contributed by atoms with E-state index in [0.29, 0.717) is 23.6 Å². The van der Waals surface area contributed by atoms with Crippen LogP contribution in [0.5, 0.6) is 11.5 Å². The number of hydrogen-bond acceptors (Lipinski definition) is 4. The van der Waals surface area contributed by atoms with Gasteiger partial charge >= 0.3 is 0 Å². The van der Waals surface area contributed by atoms with Crippen molar-refractivity contribution in [3.8, 4) is 11.5 Å². The molecule has 1 aromatic rings. The number of halogens is 1. The third-order valence-corrected chi connectivity index (χ3v) is 7.21. The van der Waals surface area contributed by atoms with Gasteiger partial charge in [0.05, 0.1) is 6.61 Å². The van der Waals surface area contributed by atoms with Gasteiger partial charge in [0.2, 0.25) is 0 Å². The number of nitrogens with one attached hydrogen (secondary N) is 1. The molecule has 1 amide bonds. The summed E-state index contributed by atoms with van der Waals surface area (Å²) in [6.45, 7) is 3.13. The number of ether oxygens (including phenoxy) is 2. The molecule has 4 saturated carbocycles. The lowest BCUT2D eigenvalue weighted by molar-refractivity contribution is -0.119. The van der Waals surface area contributed by atoms with Gasteiger partial charge in [-0.3, -0.25) is 4.79 Å². The van der Waals surface area contributed by atoms with Crippen LogP contribution in [-0.2, 0) is 11.3 Å². The van der Waals surface area contributed by atoms with Crippen molar-refractivity contribution in [1.82, 2.24) is 5.32 Å². The fraction of sp³-hybridized carbons (Fsp3) is 0.667. The first-order chi connectivity index (χ1) is 13.0. The van der Waals surface area contributed by atoms with Gasteiger partial charge in [-0.15, -0.1) is 0 Å². The van der Waals surface area contributed by atoms with Crippen molar-refractivity contribution in [3.05, 3.63) is 22.2 Å². The first-order valence-corrected chi connectivity index (χ1v) is 10.9. The summed E-state index contributed by atoms with van der Waals surface area (Å²) in [5.41, 5.74) is 6.67. The SMILES string of the molecule is CCOc1cc(CNC23CC4CC(CC(C4)C2)C3)c(Br)cc1OCC(N)=O. The minimum atomic E-state index is -0.499. The van der Waals surface area contributed by atoms with Crippen LogP contribution in [0.4, 0.5) is 0 Å². The van der Waals surface area contributed by atoms with Gasteiger partial charge in [0.15, 0.2) is 18.1 Å². The Morgan fingerprint density at radius 1 is 1.15 bits per heavy atom. The number of carbonyl (C=O) groups is 1. The van der Waals surface area contributed by atoms with Gasteiger partial charge in [-0.2, -0.15) is 0 Å². The maximum Gasteiger partial charge on any atom is 0.255 e. The van der Waals surface area contributed by atoms with Crippen LogP contribution in [-0.4, -0.2) is 24.7 Å². The highest BCUT2D eigenvalue weighted by atomic mass is 79.9. The van der Waals surface area contributed by atoms with Gasteiger partial charge in [-0.25, -0.2) is 0 Å². The minimum absolute atomic E-state index is 0.155. The van der Waals surface area contributed by atoms with Gasteiger partial charge in [-0.05, 0) is 80.9 Å². The van der Waals surface area contributed by atoms with Crippen LogP contribution in [0, 0.1) is 17.8 Å². The zero-order valence-corrected chi connectivity index (χ0v) is 17.5. The Kier molecular flexibility index (Phi) is 5.39. The van der Waals surface area contributed by atoms with Crippen molar-refractivity contribution >= 4 is 21.8 Å². The molecule has 6 heteroatoms. The Balaban J connectivity index is 1.48. The van der Waals surface area contributed by atoms with Crippen molar-refractivity contribution in [2.45, 2.75) is 57.5 Å². The quantitative estimate of drug-likeness (QED) is 0.650. The van der Waals surface area contributed by atoms with E-state index in [1.165, 1.54) is 38.5 Å². The van der Waals surface area contributed by atoms with Gasteiger partial charge < -0.3 is 20.5 Å². The Labute approximate surface area is 169 Å². The monoisotopic (exact) mass is 436 g/mol. The Bertz CT molecular complexity index is 686. The fourth-order valence-corrected chi connectivity index (χ4v) is 6.32. The van der Waals surface area contributed by atoms with Crippen molar-refractivity contribution in [2.75, 3.05) is 13.2 Å². The summed E-state index contributed by atoms with van der Waals surface area (Å²) in [6, 6.07) is 3.89. The third kappa shape index (κ3) is 4.11. The summed E-state index contributed by atoms with van der Waals surface area (Å²) in [7, 11) is 0. The molecular weight excluding hydrogens is 408 g/mol. The molecule has 0 aromatic heterocycles. The Morgan fingerprint density at radius 3 is 2.30 bits per heavy atom. The molecule has 0 atom stereocenters. The van der Waals surface area contributed by atoms with E-state index in [2.05, 4.69) is 21.2 Å². The minimum Gasteiger partial charge on any atom is -0.490 e. The fourth-order valence-electron chi connectivity index (χ4n) is 5.85. The summed E-state index contributed by atoms with van der Waals surface area (Å²) < 4.78 is 12.2. The second-order valence-corrected chi connectivity index (χ2v) is 9.48. The number of nitrogens with two attached hydrogens (primary N) is 1. The molecule has 3 N–H and O–H groups in total. The first-order valence-electron chi connectivity index (χ1n) is 10.1. The van der Waals surface area contributed by atoms with Crippen LogP contribution in [0.25, 0.3) is 0 Å². The molecule has 0 spiro atoms. The van der Waals surface area contributed by atoms with Gasteiger partial charge in [0.25, 0.3) is 5.91 Å².